The number of nitrogens with one attached hydrogen (secondary N) is 4. The zero-order chi connectivity index (χ0) is 81.0. The maximum atomic E-state index is 12.9. The molecule has 6 aromatic heterocycles. The highest BCUT2D eigenvalue weighted by Crippen LogP contribution is 2.59. The number of aliphatic hydroxyl groups excluding tert-OH is 2. The molecule has 8 aliphatic rings. The summed E-state index contributed by atoms with van der Waals surface area (Å²) in [6, 6.07) is 15.5. The third-order valence-electron chi connectivity index (χ3n) is 23.7. The number of piperazine rings is 1. The van der Waals surface area contributed by atoms with Gasteiger partial charge in [-0.15, -0.1) is 0 Å². The summed E-state index contributed by atoms with van der Waals surface area (Å²) in [5.41, 5.74) is 33.3. The zero-order valence-corrected chi connectivity index (χ0v) is 65.3. The van der Waals surface area contributed by atoms with Crippen molar-refractivity contribution in [3.63, 3.8) is 0 Å². The minimum absolute atomic E-state index is 0.00768. The van der Waals surface area contributed by atoms with E-state index < -0.39 is 71.8 Å². The van der Waals surface area contributed by atoms with Gasteiger partial charge < -0.3 is 81.2 Å². The van der Waals surface area contributed by atoms with E-state index in [9.17, 15) is 64.2 Å². The Morgan fingerprint density at radius 2 is 0.830 bits per heavy atom. The summed E-state index contributed by atoms with van der Waals surface area (Å²) in [4.78, 5) is 124. The molecular formula is C84H94N12O16. The second-order valence-corrected chi connectivity index (χ2v) is 30.3. The summed E-state index contributed by atoms with van der Waals surface area (Å²) in [6.07, 6.45) is -3.70. The molecule has 2 fully saturated rings. The normalized spacial score (nSPS) is 20.3. The smallest absolute Gasteiger partial charge is 0.404 e. The summed E-state index contributed by atoms with van der Waals surface area (Å²) in [6.45, 7) is 24.9. The Kier molecular flexibility index (Phi) is 21.1. The van der Waals surface area contributed by atoms with Crippen LogP contribution in [0.3, 0.4) is 0 Å². The number of fused-ring (bicyclic) bond motifs is 20. The number of carbonyl (C=O) groups excluding carboxylic acids is 3. The molecule has 28 nitrogen and oxygen atoms in total. The number of aliphatic carboxylic acids is 4. The highest BCUT2D eigenvalue weighted by Gasteiger charge is 2.75. The molecule has 0 saturated carbocycles. The Balaban J connectivity index is 0.000000369. The van der Waals surface area contributed by atoms with Gasteiger partial charge in [-0.05, 0) is 238 Å². The average molecular weight is 1530 g/mol. The predicted molar refractivity (Wildman–Crippen MR) is 422 cm³/mol. The van der Waals surface area contributed by atoms with Crippen LogP contribution in [0, 0.1) is 33.6 Å². The van der Waals surface area contributed by atoms with Crippen LogP contribution in [0.25, 0.3) is 88.7 Å². The molecule has 1 aliphatic carbocycles. The maximum Gasteiger partial charge on any atom is 0.404 e. The highest BCUT2D eigenvalue weighted by atomic mass is 16.6. The Morgan fingerprint density at radius 3 is 1.18 bits per heavy atom. The summed E-state index contributed by atoms with van der Waals surface area (Å²) < 4.78 is 18.2. The van der Waals surface area contributed by atoms with Gasteiger partial charge >= 0.3 is 30.0 Å². The lowest BCUT2D eigenvalue weighted by atomic mass is 9.82. The van der Waals surface area contributed by atoms with E-state index in [0.717, 1.165) is 89.0 Å². The van der Waals surface area contributed by atoms with E-state index in [-0.39, 0.29) is 92.7 Å². The standard InChI is InChI=1S/C68H74N8O11.C16H20N4O5/c1-29-41(13-17-61(79)80)53-28-56-44(16-20-64(85)86)32(4)48(72-56)24-59-68(36(8)52(76-59)25-58-65(37(9)77)33(5)49(73-58)21-45(29)69-53)40(12)87-39(11)67-35(7)50-22-46-30(2)42(14-18-62(81)82)54(70-46)27-55-43(15-19-63(83)84)31(3)47(71-55)23-57-66(38(10)78)34(6)51(74-57)26-60(67)75-50;1-6-10(17)13(22)9-7(5-25-15(18)23)16(24-3)14-8(19(14)2)4-20(16)11(9)12(6)21/h21-28,37-40,73-78H,13-20H2,1-12H3,(H,79,80)(H,81,82)(H,83,84)(H,85,86);7-8,14H,4-5,17H2,1-3H3,(H2,18,23)/t;7-,8+,14+,16-,19?/m.1/s1. The number of aromatic amines is 4. The minimum Gasteiger partial charge on any atom is -0.481 e. The van der Waals surface area contributed by atoms with Crippen LogP contribution in [0.5, 0.6) is 0 Å². The lowest BCUT2D eigenvalue weighted by Gasteiger charge is -2.40. The van der Waals surface area contributed by atoms with E-state index in [1.165, 1.54) is 7.11 Å². The maximum absolute atomic E-state index is 12.9. The minimum atomic E-state index is -0.964. The number of aliphatic hydroxyl groups is 2. The Bertz CT molecular complexity index is 5690. The third kappa shape index (κ3) is 13.8. The summed E-state index contributed by atoms with van der Waals surface area (Å²) in [5.74, 6) is -5.16. The van der Waals surface area contributed by atoms with Crippen molar-refractivity contribution in [2.24, 2.45) is 17.4 Å². The highest BCUT2D eigenvalue weighted by molar-refractivity contribution is 6.25. The van der Waals surface area contributed by atoms with Gasteiger partial charge in [-0.3, -0.25) is 33.7 Å². The number of Topliss-reactive ketones (excluding diaryl/α,β-unsaturated/α-hetero) is 2. The first-order chi connectivity index (χ1) is 52.9. The van der Waals surface area contributed by atoms with Crippen LogP contribution < -0.4 is 11.5 Å². The van der Waals surface area contributed by atoms with E-state index in [0.29, 0.717) is 102 Å². The van der Waals surface area contributed by atoms with Crippen molar-refractivity contribution < 1.29 is 78.4 Å². The van der Waals surface area contributed by atoms with Gasteiger partial charge in [-0.1, -0.05) is 0 Å². The monoisotopic (exact) mass is 1530 g/mol. The second kappa shape index (κ2) is 30.0. The number of hydrogen-bond donors (Lipinski definition) is 12. The zero-order valence-electron chi connectivity index (χ0n) is 65.3. The Labute approximate surface area is 644 Å². The first-order valence-electron chi connectivity index (χ1n) is 37.4. The fraction of sp³-hybridized carbons (Fsp3) is 0.393. The van der Waals surface area contributed by atoms with Crippen molar-refractivity contribution in [2.75, 3.05) is 27.3 Å². The van der Waals surface area contributed by atoms with E-state index >= 15 is 0 Å². The first kappa shape index (κ1) is 78.7. The molecule has 28 heteroatoms. The number of likely N-dealkylation sites (N-methyl/N-ethyl adjacent to an activating group) is 1. The van der Waals surface area contributed by atoms with Gasteiger partial charge in [0, 0.05) is 123 Å². The topological polar surface area (TPSA) is 442 Å². The number of carbonyl (C=O) groups is 7. The van der Waals surface area contributed by atoms with Crippen LogP contribution in [-0.4, -0.2) is 167 Å². The number of nitrogens with two attached hydrogens (primary N) is 2. The summed E-state index contributed by atoms with van der Waals surface area (Å²) in [7, 11) is 3.49. The molecule has 14 N–H and O–H groups in total. The van der Waals surface area contributed by atoms with Gasteiger partial charge in [-0.25, -0.2) is 24.7 Å². The lowest BCUT2D eigenvalue weighted by Crippen LogP contribution is -2.55. The quantitative estimate of drug-likeness (QED) is 0.0235. The van der Waals surface area contributed by atoms with Gasteiger partial charge in [0.25, 0.3) is 0 Å². The van der Waals surface area contributed by atoms with Crippen molar-refractivity contribution in [2.45, 2.75) is 184 Å². The van der Waals surface area contributed by atoms with Crippen molar-refractivity contribution in [3.8, 4) is 0 Å². The van der Waals surface area contributed by atoms with Crippen LogP contribution in [0.2, 0.25) is 0 Å². The van der Waals surface area contributed by atoms with E-state index in [1.54, 1.807) is 20.8 Å². The number of methoxy groups -OCH3 is 1. The number of primary amides is 1. The van der Waals surface area contributed by atoms with Crippen LogP contribution in [-0.2, 0) is 43.0 Å². The largest absolute Gasteiger partial charge is 0.481 e. The number of aromatic nitrogens is 8. The SMILES string of the molecule is CC1=C(CCC(=O)O)c2cc3nc(cc4[nH]c(cc5[nH]c(cc1n2)c(C)c5C(C)O)c(C)c4C(C)OC(C)c1c(C)c2cc4nc(cc5nc(cc6[nH]c(cc1[nH]2)c(C)c6C(C)O)C(C)=C5CCC(=O)O)C(CCC(=O)O)=C4C)C(C)=C3CCC(=O)O.CO[C@@]12[C@H](COC(N)=O)C3=C(C(=O)C(C)=C(N)C3=O)N1C[C@H]1[C@@H]2N1C. The van der Waals surface area contributed by atoms with Crippen molar-refractivity contribution >= 4 is 130 Å². The van der Waals surface area contributed by atoms with Crippen LogP contribution in [0.1, 0.15) is 228 Å². The number of hydrogen-bond acceptors (Lipinski definition) is 19. The van der Waals surface area contributed by atoms with E-state index in [4.69, 9.17) is 45.6 Å². The fourth-order valence-corrected chi connectivity index (χ4v) is 17.8. The predicted octanol–water partition coefficient (Wildman–Crippen LogP) is 13.0. The van der Waals surface area contributed by atoms with Crippen LogP contribution in [0.15, 0.2) is 71.1 Å². The molecule has 5 unspecified atom stereocenters. The van der Waals surface area contributed by atoms with Gasteiger partial charge in [0.05, 0.1) is 93.3 Å². The summed E-state index contributed by atoms with van der Waals surface area (Å²) in [5, 5.41) is 62.2. The van der Waals surface area contributed by atoms with Gasteiger partial charge in [0.2, 0.25) is 11.6 Å². The number of ether oxygens (including phenoxy) is 3. The molecule has 2 saturated heterocycles. The number of amides is 1. The van der Waals surface area contributed by atoms with Gasteiger partial charge in [-0.2, -0.15) is 0 Å². The van der Waals surface area contributed by atoms with Gasteiger partial charge in [0.1, 0.15) is 6.61 Å². The lowest BCUT2D eigenvalue weighted by molar-refractivity contribution is -0.144. The molecule has 1 amide bonds. The molecular weight excluding hydrogens is 1430 g/mol. The molecule has 0 aromatic carbocycles. The number of allylic oxidation sites excluding steroid dienone is 10. The number of carboxylic acids is 4. The van der Waals surface area contributed by atoms with E-state index in [1.807, 2.05) is 130 Å². The number of carboxylic acid groups (broad SMARTS) is 4. The Hall–Kier alpha value is -11.4. The van der Waals surface area contributed by atoms with Crippen molar-refractivity contribution in [1.29, 1.82) is 0 Å². The second-order valence-electron chi connectivity index (χ2n) is 30.3. The third-order valence-corrected chi connectivity index (χ3v) is 23.7. The van der Waals surface area contributed by atoms with E-state index in [2.05, 4.69) is 24.8 Å². The molecule has 16 bridgehead atoms. The average Bonchev–Trinajstić information content (AvgIpc) is 1.49. The van der Waals surface area contributed by atoms with Crippen molar-refractivity contribution in [1.82, 2.24) is 49.7 Å². The van der Waals surface area contributed by atoms with Gasteiger partial charge in [0.15, 0.2) is 5.72 Å². The number of rotatable bonds is 21. The number of ketones is 2. The number of aryl methyl sites for hydroxylation is 4. The molecule has 0 spiro atoms. The first-order valence-corrected chi connectivity index (χ1v) is 37.4. The van der Waals surface area contributed by atoms with Crippen LogP contribution >= 0.6 is 0 Å². The molecule has 112 heavy (non-hydrogen) atoms. The van der Waals surface area contributed by atoms with Crippen molar-refractivity contribution in [3.05, 3.63) is 161 Å². The molecule has 7 aliphatic heterocycles. The molecule has 0 radical (unpaired) electrons. The number of nitrogens with zero attached hydrogens (tertiary/aromatic N) is 6. The Morgan fingerprint density at radius 1 is 0.500 bits per heavy atom. The molecule has 13 heterocycles. The molecule has 14 rings (SSSR count). The fourth-order valence-electron chi connectivity index (χ4n) is 17.8. The molecule has 6 aromatic rings. The summed E-state index contributed by atoms with van der Waals surface area (Å²) >= 11 is 0. The van der Waals surface area contributed by atoms with Crippen LogP contribution in [0.4, 0.5) is 4.79 Å². The molecule has 9 atom stereocenters. The number of H-pyrrole nitrogens is 4. The molecule has 586 valence electrons.